The summed E-state index contributed by atoms with van der Waals surface area (Å²) < 4.78 is 3.23. The van der Waals surface area contributed by atoms with Crippen LogP contribution in [0.25, 0.3) is 0 Å². The van der Waals surface area contributed by atoms with Crippen LogP contribution in [-0.2, 0) is 6.42 Å². The van der Waals surface area contributed by atoms with E-state index in [-0.39, 0.29) is 18.1 Å². The van der Waals surface area contributed by atoms with Gasteiger partial charge in [0.2, 0.25) is 0 Å². The lowest BCUT2D eigenvalue weighted by Gasteiger charge is -1.99. The second-order valence-corrected chi connectivity index (χ2v) is 4.31. The molecule has 7 nitrogen and oxygen atoms in total. The number of benzene rings is 1. The van der Waals surface area contributed by atoms with Crippen molar-refractivity contribution in [2.45, 2.75) is 20.3 Å². The number of imidazole rings is 1. The molecule has 0 aliphatic carbocycles. The molecule has 0 aliphatic heterocycles. The van der Waals surface area contributed by atoms with Gasteiger partial charge in [-0.1, -0.05) is 12.0 Å². The van der Waals surface area contributed by atoms with Crippen LogP contribution in [0.4, 0.5) is 5.69 Å². The van der Waals surface area contributed by atoms with Gasteiger partial charge in [0.15, 0.2) is 12.4 Å². The monoisotopic (exact) mass is 309 g/mol. The number of hydrogen-bond acceptors (Lipinski definition) is 4. The predicted molar refractivity (Wildman–Crippen MR) is 74.9 cm³/mol. The Bertz CT molecular complexity index is 664. The van der Waals surface area contributed by atoms with Crippen molar-refractivity contribution in [2.24, 2.45) is 5.10 Å². The minimum Gasteiger partial charge on any atom is -1.00 e. The van der Waals surface area contributed by atoms with E-state index in [1.54, 1.807) is 29.2 Å². The van der Waals surface area contributed by atoms with Gasteiger partial charge in [-0.15, -0.1) is 9.35 Å². The van der Waals surface area contributed by atoms with Crippen molar-refractivity contribution >= 4 is 11.4 Å². The number of hydrogen-bond donors (Lipinski definition) is 1. The molecule has 2 N–H and O–H groups in total. The number of rotatable bonds is 4. The Morgan fingerprint density at radius 1 is 1.43 bits per heavy atom. The molecule has 0 amide bonds. The molecular weight excluding hydrogens is 294 g/mol. The average molecular weight is 310 g/mol. The average Bonchev–Trinajstić information content (AvgIpc) is 2.79. The van der Waals surface area contributed by atoms with E-state index in [2.05, 4.69) is 5.10 Å². The quantitative estimate of drug-likeness (QED) is 0.238. The Balaban J connectivity index is 0.00000220. The van der Waals surface area contributed by atoms with Crippen molar-refractivity contribution in [2.75, 3.05) is 5.84 Å². The second kappa shape index (κ2) is 6.85. The van der Waals surface area contributed by atoms with Crippen molar-refractivity contribution in [1.82, 2.24) is 4.68 Å². The molecule has 0 radical (unpaired) electrons. The molecular formula is C13H16ClN5O2. The van der Waals surface area contributed by atoms with Gasteiger partial charge in [-0.2, -0.15) is 0 Å². The fourth-order valence-corrected chi connectivity index (χ4v) is 1.90. The lowest BCUT2D eigenvalue weighted by atomic mass is 10.1. The van der Waals surface area contributed by atoms with Gasteiger partial charge in [0, 0.05) is 12.1 Å². The number of aromatic nitrogens is 2. The summed E-state index contributed by atoms with van der Waals surface area (Å²) in [6, 6.07) is 6.30. The molecule has 21 heavy (non-hydrogen) atoms. The number of nitrogens with zero attached hydrogens (tertiary/aromatic N) is 4. The highest BCUT2D eigenvalue weighted by molar-refractivity contribution is 5.98. The van der Waals surface area contributed by atoms with Crippen LogP contribution in [0, 0.1) is 10.1 Å². The van der Waals surface area contributed by atoms with Gasteiger partial charge >= 0.3 is 5.82 Å². The Morgan fingerprint density at radius 2 is 2.05 bits per heavy atom. The maximum atomic E-state index is 10.6. The summed E-state index contributed by atoms with van der Waals surface area (Å²) in [6.07, 6.45) is 4.25. The number of non-ortho nitro benzene ring substituents is 1. The number of nitro benzene ring substituents is 1. The zero-order valence-electron chi connectivity index (χ0n) is 11.7. The van der Waals surface area contributed by atoms with E-state index in [9.17, 15) is 10.1 Å². The summed E-state index contributed by atoms with van der Waals surface area (Å²) in [4.78, 5) is 10.2. The van der Waals surface area contributed by atoms with Crippen LogP contribution in [0.5, 0.6) is 0 Å². The summed E-state index contributed by atoms with van der Waals surface area (Å²) in [5.74, 6) is 6.64. The highest BCUT2D eigenvalue weighted by Gasteiger charge is 2.13. The van der Waals surface area contributed by atoms with E-state index < -0.39 is 4.92 Å². The smallest absolute Gasteiger partial charge is 0.304 e. The minimum absolute atomic E-state index is 0. The van der Waals surface area contributed by atoms with Crippen molar-refractivity contribution in [1.29, 1.82) is 0 Å². The fourth-order valence-electron chi connectivity index (χ4n) is 1.90. The van der Waals surface area contributed by atoms with Crippen molar-refractivity contribution in [3.05, 3.63) is 58.2 Å². The number of nitrogen functional groups attached to an aromatic ring is 1. The summed E-state index contributed by atoms with van der Waals surface area (Å²) >= 11 is 0. The Hall–Kier alpha value is -2.41. The standard InChI is InChI=1S/C13H16N5O2.ClH/c1-3-13-16(14)8-9-17(13)15-10(2)11-4-6-12(7-5-11)18(19)20;/h4-9H,3,14H2,1-2H3;1H/q+1;/p-1. The summed E-state index contributed by atoms with van der Waals surface area (Å²) in [7, 11) is 0. The van der Waals surface area contributed by atoms with Gasteiger partial charge in [-0.3, -0.25) is 16.0 Å². The van der Waals surface area contributed by atoms with E-state index in [0.717, 1.165) is 23.5 Å². The zero-order valence-corrected chi connectivity index (χ0v) is 12.5. The molecule has 1 aromatic heterocycles. The van der Waals surface area contributed by atoms with Crippen LogP contribution >= 0.6 is 0 Å². The Kier molecular flexibility index (Phi) is 5.43. The number of nitrogens with two attached hydrogens (primary N) is 1. The molecule has 0 fully saturated rings. The third kappa shape index (κ3) is 3.57. The van der Waals surface area contributed by atoms with Crippen LogP contribution in [0.1, 0.15) is 25.2 Å². The van der Waals surface area contributed by atoms with Gasteiger partial charge in [0.05, 0.1) is 17.1 Å². The van der Waals surface area contributed by atoms with E-state index >= 15 is 0 Å². The third-order valence-corrected chi connectivity index (χ3v) is 3.00. The molecule has 0 aliphatic rings. The van der Waals surface area contributed by atoms with E-state index in [1.165, 1.54) is 16.8 Å². The number of halogens is 1. The highest BCUT2D eigenvalue weighted by atomic mass is 35.5. The minimum atomic E-state index is -0.422. The first kappa shape index (κ1) is 16.6. The molecule has 0 unspecified atom stereocenters. The summed E-state index contributed by atoms with van der Waals surface area (Å²) in [5.41, 5.74) is 1.65. The molecule has 1 aromatic carbocycles. The normalized spacial score (nSPS) is 11.0. The van der Waals surface area contributed by atoms with Crippen LogP contribution in [0.15, 0.2) is 41.8 Å². The van der Waals surface area contributed by atoms with Gasteiger partial charge in [-0.25, -0.2) is 0 Å². The van der Waals surface area contributed by atoms with Crippen LogP contribution in [0.3, 0.4) is 0 Å². The molecule has 2 aromatic rings. The van der Waals surface area contributed by atoms with E-state index in [4.69, 9.17) is 5.84 Å². The lowest BCUT2D eigenvalue weighted by molar-refractivity contribution is -0.685. The zero-order chi connectivity index (χ0) is 14.7. The van der Waals surface area contributed by atoms with Crippen molar-refractivity contribution < 1.29 is 22.0 Å². The van der Waals surface area contributed by atoms with Gasteiger partial charge in [0.1, 0.15) is 0 Å². The maximum Gasteiger partial charge on any atom is 0.304 e. The molecule has 112 valence electrons. The molecule has 0 saturated heterocycles. The SMILES string of the molecule is CCc1n(N)cc[n+]1N=C(C)c1ccc([N+](=O)[O-])cc1.[Cl-]. The largest absolute Gasteiger partial charge is 1.00 e. The first-order chi connectivity index (χ1) is 9.52. The molecule has 0 saturated carbocycles. The number of nitro groups is 1. The lowest BCUT2D eigenvalue weighted by Crippen LogP contribution is -3.00. The topological polar surface area (TPSA) is 90.3 Å². The fraction of sp³-hybridized carbons (Fsp3) is 0.231. The molecule has 0 bridgehead atoms. The second-order valence-electron chi connectivity index (χ2n) is 4.31. The molecule has 0 spiro atoms. The third-order valence-electron chi connectivity index (χ3n) is 3.00. The first-order valence-corrected chi connectivity index (χ1v) is 6.20. The molecule has 2 rings (SSSR count). The van der Waals surface area contributed by atoms with Crippen molar-refractivity contribution in [3.63, 3.8) is 0 Å². The maximum absolute atomic E-state index is 10.6. The Morgan fingerprint density at radius 3 is 2.57 bits per heavy atom. The molecule has 1 heterocycles. The van der Waals surface area contributed by atoms with Gasteiger partial charge in [-0.05, 0) is 24.6 Å². The van der Waals surface area contributed by atoms with Gasteiger partial charge < -0.3 is 12.4 Å². The van der Waals surface area contributed by atoms with Crippen LogP contribution in [-0.4, -0.2) is 15.3 Å². The Labute approximate surface area is 128 Å². The van der Waals surface area contributed by atoms with Crippen LogP contribution in [0.2, 0.25) is 0 Å². The predicted octanol–water partition coefficient (Wildman–Crippen LogP) is -1.76. The van der Waals surface area contributed by atoms with E-state index in [1.807, 2.05) is 13.8 Å². The van der Waals surface area contributed by atoms with Gasteiger partial charge in [0.25, 0.3) is 5.69 Å². The highest BCUT2D eigenvalue weighted by Crippen LogP contribution is 2.12. The first-order valence-electron chi connectivity index (χ1n) is 6.20. The van der Waals surface area contributed by atoms with E-state index in [0.29, 0.717) is 0 Å². The molecule has 0 atom stereocenters. The van der Waals surface area contributed by atoms with Crippen molar-refractivity contribution in [3.8, 4) is 0 Å². The summed E-state index contributed by atoms with van der Waals surface area (Å²) in [5, 5.41) is 15.1. The molecule has 8 heteroatoms. The van der Waals surface area contributed by atoms with Crippen LogP contribution < -0.4 is 22.9 Å². The summed E-state index contributed by atoms with van der Waals surface area (Å²) in [6.45, 7) is 3.84.